The van der Waals surface area contributed by atoms with Gasteiger partial charge in [0, 0.05) is 39.8 Å². The fraction of sp³-hybridized carbons (Fsp3) is 0.600. The third kappa shape index (κ3) is 3.52. The summed E-state index contributed by atoms with van der Waals surface area (Å²) >= 11 is 0. The molecule has 2 rings (SSSR count). The Morgan fingerprint density at radius 3 is 2.65 bits per heavy atom. The minimum absolute atomic E-state index is 0.0283. The Labute approximate surface area is 133 Å². The second-order valence-corrected chi connectivity index (χ2v) is 5.82. The van der Waals surface area contributed by atoms with Crippen molar-refractivity contribution in [2.24, 2.45) is 20.0 Å². The maximum absolute atomic E-state index is 12.4. The topological polar surface area (TPSA) is 93.4 Å². The molecule has 0 radical (unpaired) electrons. The highest BCUT2D eigenvalue weighted by Crippen LogP contribution is 2.18. The van der Waals surface area contributed by atoms with E-state index in [-0.39, 0.29) is 23.4 Å². The first-order valence-corrected chi connectivity index (χ1v) is 7.70. The van der Waals surface area contributed by atoms with E-state index in [2.05, 4.69) is 5.32 Å². The zero-order valence-electron chi connectivity index (χ0n) is 13.7. The molecule has 2 amide bonds. The van der Waals surface area contributed by atoms with Crippen molar-refractivity contribution >= 4 is 17.5 Å². The van der Waals surface area contributed by atoms with Crippen LogP contribution in [0.5, 0.6) is 0 Å². The highest BCUT2D eigenvalue weighted by atomic mass is 16.2. The summed E-state index contributed by atoms with van der Waals surface area (Å²) in [5.74, 6) is -0.615. The fourth-order valence-corrected chi connectivity index (χ4v) is 2.77. The van der Waals surface area contributed by atoms with Crippen LogP contribution in [0.1, 0.15) is 26.2 Å². The molecule has 0 saturated carbocycles. The predicted molar refractivity (Wildman–Crippen MR) is 85.1 cm³/mol. The average Bonchev–Trinajstić information content (AvgIpc) is 2.57. The third-order valence-corrected chi connectivity index (χ3v) is 4.15. The molecule has 126 valence electrons. The Kier molecular flexibility index (Phi) is 5.02. The summed E-state index contributed by atoms with van der Waals surface area (Å²) in [7, 11) is 2.88. The van der Waals surface area contributed by atoms with Gasteiger partial charge in [-0.2, -0.15) is 0 Å². The number of aromatic nitrogens is 2. The Hall–Kier alpha value is -2.38. The lowest BCUT2D eigenvalue weighted by Crippen LogP contribution is -2.44. The van der Waals surface area contributed by atoms with Gasteiger partial charge in [0.1, 0.15) is 5.69 Å². The van der Waals surface area contributed by atoms with E-state index >= 15 is 0 Å². The van der Waals surface area contributed by atoms with Gasteiger partial charge in [0.25, 0.3) is 5.56 Å². The Morgan fingerprint density at radius 1 is 1.30 bits per heavy atom. The predicted octanol–water partition coefficient (Wildman–Crippen LogP) is -0.329. The molecule has 1 N–H and O–H groups in total. The van der Waals surface area contributed by atoms with Crippen LogP contribution in [0.3, 0.4) is 0 Å². The van der Waals surface area contributed by atoms with Gasteiger partial charge >= 0.3 is 5.69 Å². The van der Waals surface area contributed by atoms with Gasteiger partial charge in [0.05, 0.1) is 5.92 Å². The Balaban J connectivity index is 2.15. The number of hydrogen-bond donors (Lipinski definition) is 1. The van der Waals surface area contributed by atoms with E-state index in [1.54, 1.807) is 11.8 Å². The molecule has 0 spiro atoms. The van der Waals surface area contributed by atoms with E-state index < -0.39 is 11.2 Å². The van der Waals surface area contributed by atoms with Gasteiger partial charge in [-0.15, -0.1) is 0 Å². The molecule has 0 aromatic carbocycles. The van der Waals surface area contributed by atoms with E-state index in [1.165, 1.54) is 24.9 Å². The first kappa shape index (κ1) is 17.0. The molecule has 1 aliphatic rings. The molecule has 0 aliphatic carbocycles. The summed E-state index contributed by atoms with van der Waals surface area (Å²) in [6, 6.07) is 0. The van der Waals surface area contributed by atoms with Crippen molar-refractivity contribution in [3.8, 4) is 0 Å². The van der Waals surface area contributed by atoms with Crippen LogP contribution >= 0.6 is 0 Å². The van der Waals surface area contributed by atoms with E-state index in [0.717, 1.165) is 11.0 Å². The Bertz CT molecular complexity index is 734. The lowest BCUT2D eigenvalue weighted by Gasteiger charge is -2.31. The van der Waals surface area contributed by atoms with Gasteiger partial charge in [-0.25, -0.2) is 4.79 Å². The molecule has 1 aromatic rings. The second kappa shape index (κ2) is 6.80. The second-order valence-electron chi connectivity index (χ2n) is 5.82. The zero-order chi connectivity index (χ0) is 17.1. The quantitative estimate of drug-likeness (QED) is 0.825. The molecule has 1 atom stereocenters. The van der Waals surface area contributed by atoms with Crippen LogP contribution in [0.2, 0.25) is 0 Å². The number of carbonyl (C=O) groups excluding carboxylic acids is 2. The number of rotatable bonds is 3. The molecule has 1 fully saturated rings. The number of piperidine rings is 1. The smallest absolute Gasteiger partial charge is 0.330 e. The van der Waals surface area contributed by atoms with Crippen LogP contribution in [0.15, 0.2) is 15.8 Å². The highest BCUT2D eigenvalue weighted by Gasteiger charge is 2.28. The van der Waals surface area contributed by atoms with E-state index in [1.807, 2.05) is 0 Å². The van der Waals surface area contributed by atoms with Crippen LogP contribution < -0.4 is 16.6 Å². The largest absolute Gasteiger partial charge is 0.342 e. The monoisotopic (exact) mass is 322 g/mol. The van der Waals surface area contributed by atoms with Crippen molar-refractivity contribution < 1.29 is 9.59 Å². The molecule has 0 unspecified atom stereocenters. The number of aryl methyl sites for hydroxylation is 1. The molecule has 8 heteroatoms. The molecular weight excluding hydrogens is 300 g/mol. The van der Waals surface area contributed by atoms with E-state index in [0.29, 0.717) is 25.9 Å². The average molecular weight is 322 g/mol. The van der Waals surface area contributed by atoms with Gasteiger partial charge in [-0.1, -0.05) is 6.92 Å². The third-order valence-electron chi connectivity index (χ3n) is 4.15. The maximum atomic E-state index is 12.4. The maximum Gasteiger partial charge on any atom is 0.330 e. The van der Waals surface area contributed by atoms with Crippen molar-refractivity contribution in [2.45, 2.75) is 26.2 Å². The number of hydrogen-bond acceptors (Lipinski definition) is 4. The van der Waals surface area contributed by atoms with Crippen LogP contribution in [0.4, 0.5) is 5.69 Å². The van der Waals surface area contributed by atoms with Crippen LogP contribution in [0.25, 0.3) is 0 Å². The van der Waals surface area contributed by atoms with Crippen molar-refractivity contribution in [1.29, 1.82) is 0 Å². The van der Waals surface area contributed by atoms with Crippen molar-refractivity contribution in [3.05, 3.63) is 27.0 Å². The summed E-state index contributed by atoms with van der Waals surface area (Å²) in [5.41, 5.74) is -0.928. The minimum Gasteiger partial charge on any atom is -0.342 e. The summed E-state index contributed by atoms with van der Waals surface area (Å²) in [6.07, 6.45) is 3.16. The molecule has 23 heavy (non-hydrogen) atoms. The highest BCUT2D eigenvalue weighted by molar-refractivity contribution is 5.92. The molecule has 1 aromatic heterocycles. The molecular formula is C15H22N4O4. The summed E-state index contributed by atoms with van der Waals surface area (Å²) < 4.78 is 2.19. The number of likely N-dealkylation sites (tertiary alicyclic amines) is 1. The summed E-state index contributed by atoms with van der Waals surface area (Å²) in [6.45, 7) is 2.82. The first-order chi connectivity index (χ1) is 10.8. The van der Waals surface area contributed by atoms with Crippen molar-refractivity contribution in [3.63, 3.8) is 0 Å². The molecule has 1 saturated heterocycles. The standard InChI is InChI=1S/C15H22N4O4/c1-4-12(20)19-7-5-6-10(8-19)13(21)16-11-9-17(2)15(23)18(3)14(11)22/h9-10H,4-8H2,1-3H3,(H,16,21)/t10-/m0/s1. The zero-order valence-corrected chi connectivity index (χ0v) is 13.7. The number of amides is 2. The van der Waals surface area contributed by atoms with Crippen LogP contribution in [0, 0.1) is 5.92 Å². The lowest BCUT2D eigenvalue weighted by molar-refractivity contribution is -0.134. The van der Waals surface area contributed by atoms with Crippen LogP contribution in [-0.4, -0.2) is 38.9 Å². The van der Waals surface area contributed by atoms with Gasteiger partial charge in [0.15, 0.2) is 0 Å². The van der Waals surface area contributed by atoms with Crippen molar-refractivity contribution in [2.75, 3.05) is 18.4 Å². The normalized spacial score (nSPS) is 17.9. The number of anilines is 1. The van der Waals surface area contributed by atoms with Gasteiger partial charge in [-0.3, -0.25) is 19.0 Å². The number of carbonyl (C=O) groups is 2. The number of nitrogens with zero attached hydrogens (tertiary/aromatic N) is 3. The fourth-order valence-electron chi connectivity index (χ4n) is 2.77. The van der Waals surface area contributed by atoms with Crippen molar-refractivity contribution in [1.82, 2.24) is 14.0 Å². The first-order valence-electron chi connectivity index (χ1n) is 7.70. The van der Waals surface area contributed by atoms with E-state index in [4.69, 9.17) is 0 Å². The molecule has 1 aliphatic heterocycles. The van der Waals surface area contributed by atoms with Gasteiger partial charge in [0.2, 0.25) is 11.8 Å². The summed E-state index contributed by atoms with van der Waals surface area (Å²) in [4.78, 5) is 49.6. The van der Waals surface area contributed by atoms with Gasteiger partial charge in [-0.05, 0) is 12.8 Å². The SMILES string of the molecule is CCC(=O)N1CCC[C@H](C(=O)Nc2cn(C)c(=O)n(C)c2=O)C1. The summed E-state index contributed by atoms with van der Waals surface area (Å²) in [5, 5.41) is 2.60. The van der Waals surface area contributed by atoms with Crippen LogP contribution in [-0.2, 0) is 23.7 Å². The molecule has 0 bridgehead atoms. The number of nitrogens with one attached hydrogen (secondary N) is 1. The lowest BCUT2D eigenvalue weighted by atomic mass is 9.97. The Morgan fingerprint density at radius 2 is 2.00 bits per heavy atom. The molecule has 8 nitrogen and oxygen atoms in total. The van der Waals surface area contributed by atoms with E-state index in [9.17, 15) is 19.2 Å². The molecule has 2 heterocycles. The van der Waals surface area contributed by atoms with Gasteiger partial charge < -0.3 is 14.8 Å². The minimum atomic E-state index is -0.543.